The zero-order valence-electron chi connectivity index (χ0n) is 17.2. The molecule has 1 aromatic carbocycles. The summed E-state index contributed by atoms with van der Waals surface area (Å²) in [5, 5.41) is 21.4. The number of nitrogens with zero attached hydrogens (tertiary/aromatic N) is 5. The largest absolute Gasteiger partial charge is 0.467 e. The number of piperidine rings is 1. The Labute approximate surface area is 185 Å². The van der Waals surface area contributed by atoms with Crippen LogP contribution in [-0.4, -0.2) is 39.5 Å². The molecule has 2 aromatic heterocycles. The van der Waals surface area contributed by atoms with Crippen molar-refractivity contribution in [1.82, 2.24) is 14.8 Å². The Balaban J connectivity index is 1.38. The fourth-order valence-electron chi connectivity index (χ4n) is 3.50. The van der Waals surface area contributed by atoms with Gasteiger partial charge in [0, 0.05) is 31.0 Å². The molecule has 0 unspecified atom stereocenters. The van der Waals surface area contributed by atoms with Crippen LogP contribution in [0.2, 0.25) is 0 Å². The normalized spacial score (nSPS) is 13.7. The van der Waals surface area contributed by atoms with Gasteiger partial charge in [0.2, 0.25) is 11.9 Å². The average Bonchev–Trinajstić information content (AvgIpc) is 3.46. The first-order chi connectivity index (χ1) is 15.2. The van der Waals surface area contributed by atoms with Gasteiger partial charge in [0.1, 0.15) is 5.76 Å². The van der Waals surface area contributed by atoms with Crippen LogP contribution in [0.15, 0.2) is 52.2 Å². The van der Waals surface area contributed by atoms with Gasteiger partial charge in [-0.15, -0.1) is 10.2 Å². The number of aromatic nitrogens is 3. The molecule has 4 rings (SSSR count). The summed E-state index contributed by atoms with van der Waals surface area (Å²) < 4.78 is 7.62. The molecule has 1 N–H and O–H groups in total. The van der Waals surface area contributed by atoms with Gasteiger partial charge in [0.25, 0.3) is 0 Å². The van der Waals surface area contributed by atoms with Crippen molar-refractivity contribution in [2.45, 2.75) is 37.4 Å². The second-order valence-electron chi connectivity index (χ2n) is 7.33. The van der Waals surface area contributed by atoms with Crippen LogP contribution in [0.1, 0.15) is 37.0 Å². The standard InChI is InChI=1S/C22H24N6O2S/c23-15-17-6-8-18(9-7-17)24-20(29)10-14-31-22-26-25-21(27-11-2-1-3-12-27)28(22)16-19-5-4-13-30-19/h4-9,13H,1-3,10-12,14,16H2,(H,24,29). The zero-order valence-corrected chi connectivity index (χ0v) is 18.0. The third-order valence-corrected chi connectivity index (χ3v) is 6.06. The molecule has 0 aliphatic carbocycles. The Morgan fingerprint density at radius 1 is 1.16 bits per heavy atom. The first kappa shape index (κ1) is 21.0. The van der Waals surface area contributed by atoms with Crippen molar-refractivity contribution in [2.75, 3.05) is 29.1 Å². The Kier molecular flexibility index (Phi) is 6.89. The fourth-order valence-corrected chi connectivity index (χ4v) is 4.37. The second-order valence-corrected chi connectivity index (χ2v) is 8.39. The van der Waals surface area contributed by atoms with E-state index in [9.17, 15) is 4.79 Å². The molecule has 0 radical (unpaired) electrons. The summed E-state index contributed by atoms with van der Waals surface area (Å²) >= 11 is 1.52. The maximum atomic E-state index is 12.3. The number of carbonyl (C=O) groups is 1. The van der Waals surface area contributed by atoms with Crippen LogP contribution in [0, 0.1) is 11.3 Å². The van der Waals surface area contributed by atoms with Crippen molar-refractivity contribution in [3.05, 3.63) is 54.0 Å². The minimum absolute atomic E-state index is 0.0782. The van der Waals surface area contributed by atoms with Crippen LogP contribution in [0.25, 0.3) is 0 Å². The Morgan fingerprint density at radius 3 is 2.68 bits per heavy atom. The van der Waals surface area contributed by atoms with Crippen LogP contribution in [-0.2, 0) is 11.3 Å². The minimum atomic E-state index is -0.0782. The average molecular weight is 437 g/mol. The van der Waals surface area contributed by atoms with Crippen molar-refractivity contribution in [2.24, 2.45) is 0 Å². The van der Waals surface area contributed by atoms with Crippen molar-refractivity contribution in [3.63, 3.8) is 0 Å². The highest BCUT2D eigenvalue weighted by Gasteiger charge is 2.21. The van der Waals surface area contributed by atoms with Crippen molar-refractivity contribution in [3.8, 4) is 6.07 Å². The number of nitriles is 1. The van der Waals surface area contributed by atoms with Crippen LogP contribution in [0.4, 0.5) is 11.6 Å². The Bertz CT molecular complexity index is 1030. The number of rotatable bonds is 8. The summed E-state index contributed by atoms with van der Waals surface area (Å²) in [6.07, 6.45) is 5.58. The fraction of sp³-hybridized carbons (Fsp3) is 0.364. The van der Waals surface area contributed by atoms with E-state index in [1.54, 1.807) is 30.5 Å². The van der Waals surface area contributed by atoms with Gasteiger partial charge in [-0.3, -0.25) is 9.36 Å². The maximum Gasteiger partial charge on any atom is 0.228 e. The van der Waals surface area contributed by atoms with E-state index in [4.69, 9.17) is 9.68 Å². The molecule has 0 saturated carbocycles. The summed E-state index contributed by atoms with van der Waals surface area (Å²) in [6, 6.07) is 12.7. The lowest BCUT2D eigenvalue weighted by Crippen LogP contribution is -2.32. The van der Waals surface area contributed by atoms with Crippen LogP contribution in [0.5, 0.6) is 0 Å². The lowest BCUT2D eigenvalue weighted by Gasteiger charge is -2.27. The van der Waals surface area contributed by atoms with Crippen molar-refractivity contribution in [1.29, 1.82) is 5.26 Å². The van der Waals surface area contributed by atoms with E-state index in [1.807, 2.05) is 12.1 Å². The van der Waals surface area contributed by atoms with E-state index in [2.05, 4.69) is 31.1 Å². The van der Waals surface area contributed by atoms with E-state index < -0.39 is 0 Å². The van der Waals surface area contributed by atoms with Crippen molar-refractivity contribution >= 4 is 29.3 Å². The first-order valence-electron chi connectivity index (χ1n) is 10.4. The quantitative estimate of drug-likeness (QED) is 0.535. The highest BCUT2D eigenvalue weighted by atomic mass is 32.2. The lowest BCUT2D eigenvalue weighted by molar-refractivity contribution is -0.115. The number of furan rings is 1. The smallest absolute Gasteiger partial charge is 0.228 e. The molecule has 1 saturated heterocycles. The second kappa shape index (κ2) is 10.2. The molecule has 0 bridgehead atoms. The number of anilines is 2. The number of amides is 1. The van der Waals surface area contributed by atoms with Gasteiger partial charge in [-0.2, -0.15) is 5.26 Å². The molecule has 160 valence electrons. The summed E-state index contributed by atoms with van der Waals surface area (Å²) in [4.78, 5) is 14.6. The number of hydrogen-bond acceptors (Lipinski definition) is 7. The third kappa shape index (κ3) is 5.47. The van der Waals surface area contributed by atoms with E-state index >= 15 is 0 Å². The number of benzene rings is 1. The van der Waals surface area contributed by atoms with Crippen molar-refractivity contribution < 1.29 is 9.21 Å². The molecule has 3 aromatic rings. The number of hydrogen-bond donors (Lipinski definition) is 1. The molecule has 0 atom stereocenters. The summed E-state index contributed by atoms with van der Waals surface area (Å²) in [7, 11) is 0. The molecule has 1 amide bonds. The van der Waals surface area contributed by atoms with Gasteiger partial charge in [0.15, 0.2) is 5.16 Å². The molecule has 1 fully saturated rings. The summed E-state index contributed by atoms with van der Waals surface area (Å²) in [5.74, 6) is 2.21. The third-order valence-electron chi connectivity index (χ3n) is 5.09. The number of carbonyl (C=O) groups excluding carboxylic acids is 1. The molecule has 8 nitrogen and oxygen atoms in total. The van der Waals surface area contributed by atoms with Gasteiger partial charge in [0.05, 0.1) is 24.4 Å². The monoisotopic (exact) mass is 436 g/mol. The maximum absolute atomic E-state index is 12.3. The zero-order chi connectivity index (χ0) is 21.5. The van der Waals surface area contributed by atoms with E-state index in [0.717, 1.165) is 42.8 Å². The van der Waals surface area contributed by atoms with E-state index in [0.29, 0.717) is 30.0 Å². The highest BCUT2D eigenvalue weighted by molar-refractivity contribution is 7.99. The molecule has 9 heteroatoms. The molecular weight excluding hydrogens is 412 g/mol. The van der Waals surface area contributed by atoms with Crippen LogP contribution < -0.4 is 10.2 Å². The molecule has 1 aliphatic heterocycles. The molecule has 0 spiro atoms. The predicted octanol–water partition coefficient (Wildman–Crippen LogP) is 3.90. The van der Waals surface area contributed by atoms with Gasteiger partial charge in [-0.25, -0.2) is 0 Å². The van der Waals surface area contributed by atoms with Crippen LogP contribution in [0.3, 0.4) is 0 Å². The Hall–Kier alpha value is -3.25. The van der Waals surface area contributed by atoms with Gasteiger partial charge < -0.3 is 14.6 Å². The summed E-state index contributed by atoms with van der Waals surface area (Å²) in [6.45, 7) is 2.52. The topological polar surface area (TPSA) is 100.0 Å². The van der Waals surface area contributed by atoms with Crippen LogP contribution >= 0.6 is 11.8 Å². The molecular formula is C22H24N6O2S. The highest BCUT2D eigenvalue weighted by Crippen LogP contribution is 2.26. The molecule has 31 heavy (non-hydrogen) atoms. The van der Waals surface area contributed by atoms with Gasteiger partial charge in [-0.05, 0) is 55.7 Å². The summed E-state index contributed by atoms with van der Waals surface area (Å²) in [5.41, 5.74) is 1.25. The van der Waals surface area contributed by atoms with E-state index in [1.165, 1.54) is 18.2 Å². The van der Waals surface area contributed by atoms with Gasteiger partial charge >= 0.3 is 0 Å². The number of nitrogens with one attached hydrogen (secondary N) is 1. The van der Waals surface area contributed by atoms with E-state index in [-0.39, 0.29) is 5.91 Å². The minimum Gasteiger partial charge on any atom is -0.467 e. The Morgan fingerprint density at radius 2 is 1.97 bits per heavy atom. The van der Waals surface area contributed by atoms with Gasteiger partial charge in [-0.1, -0.05) is 11.8 Å². The molecule has 3 heterocycles. The lowest BCUT2D eigenvalue weighted by atomic mass is 10.1. The SMILES string of the molecule is N#Cc1ccc(NC(=O)CCSc2nnc(N3CCCCC3)n2Cc2ccco2)cc1. The predicted molar refractivity (Wildman–Crippen MR) is 119 cm³/mol. The number of thioether (sulfide) groups is 1. The first-order valence-corrected chi connectivity index (χ1v) is 11.3. The molecule has 1 aliphatic rings.